The normalized spacial score (nSPS) is 15.9. The van der Waals surface area contributed by atoms with Gasteiger partial charge in [-0.15, -0.1) is 0 Å². The van der Waals surface area contributed by atoms with E-state index in [1.54, 1.807) is 23.3 Å². The van der Waals surface area contributed by atoms with E-state index in [1.165, 1.54) is 0 Å². The second-order valence-electron chi connectivity index (χ2n) is 5.38. The van der Waals surface area contributed by atoms with E-state index in [2.05, 4.69) is 15.3 Å². The van der Waals surface area contributed by atoms with Crippen molar-refractivity contribution in [3.63, 3.8) is 0 Å². The van der Waals surface area contributed by atoms with Crippen molar-refractivity contribution in [3.8, 4) is 0 Å². The lowest BCUT2D eigenvalue weighted by Crippen LogP contribution is -2.32. The minimum Gasteiger partial charge on any atom is -0.342 e. The zero-order valence-corrected chi connectivity index (χ0v) is 11.7. The van der Waals surface area contributed by atoms with Crippen molar-refractivity contribution in [3.05, 3.63) is 47.8 Å². The summed E-state index contributed by atoms with van der Waals surface area (Å²) < 4.78 is 1.73. The Morgan fingerprint density at radius 2 is 2.30 bits per heavy atom. The molecule has 1 atom stereocenters. The van der Waals surface area contributed by atoms with Crippen LogP contribution in [0.1, 0.15) is 40.6 Å². The van der Waals surface area contributed by atoms with Crippen LogP contribution in [0.25, 0.3) is 0 Å². The number of aromatic nitrogens is 3. The Kier molecular flexibility index (Phi) is 3.26. The van der Waals surface area contributed by atoms with Crippen molar-refractivity contribution in [2.75, 3.05) is 0 Å². The number of hydrogen-bond donors (Lipinski definition) is 1. The number of aryl methyl sites for hydroxylation is 2. The number of nitrogens with zero attached hydrogens (tertiary/aromatic N) is 3. The maximum Gasteiger partial charge on any atom is 0.270 e. The molecule has 2 aromatic rings. The molecule has 104 valence electrons. The average Bonchev–Trinajstić information content (AvgIpc) is 3.18. The third-order valence-corrected chi connectivity index (χ3v) is 3.77. The van der Waals surface area contributed by atoms with E-state index < -0.39 is 0 Å². The van der Waals surface area contributed by atoms with Crippen LogP contribution in [-0.4, -0.2) is 20.4 Å². The largest absolute Gasteiger partial charge is 0.342 e. The van der Waals surface area contributed by atoms with Crippen molar-refractivity contribution in [1.29, 1.82) is 0 Å². The van der Waals surface area contributed by atoms with E-state index >= 15 is 0 Å². The molecule has 0 aliphatic heterocycles. The first-order valence-electron chi connectivity index (χ1n) is 6.85. The zero-order valence-electron chi connectivity index (χ0n) is 11.7. The van der Waals surface area contributed by atoms with E-state index in [0.717, 1.165) is 24.1 Å². The summed E-state index contributed by atoms with van der Waals surface area (Å²) in [5, 5.41) is 3.12. The molecular weight excluding hydrogens is 252 g/mol. The molecule has 0 spiro atoms. The maximum atomic E-state index is 12.4. The molecule has 0 radical (unpaired) electrons. The number of imidazole rings is 1. The van der Waals surface area contributed by atoms with Crippen LogP contribution >= 0.6 is 0 Å². The molecular formula is C15H18N4O. The van der Waals surface area contributed by atoms with E-state index in [-0.39, 0.29) is 11.9 Å². The second-order valence-corrected chi connectivity index (χ2v) is 5.38. The summed E-state index contributed by atoms with van der Waals surface area (Å²) in [5.74, 6) is 0.410. The number of pyridine rings is 1. The van der Waals surface area contributed by atoms with Gasteiger partial charge in [-0.25, -0.2) is 4.98 Å². The summed E-state index contributed by atoms with van der Waals surface area (Å²) in [6.45, 7) is 2.04. The molecule has 5 heteroatoms. The summed E-state index contributed by atoms with van der Waals surface area (Å²) in [7, 11) is 1.82. The van der Waals surface area contributed by atoms with Gasteiger partial charge in [0.1, 0.15) is 5.69 Å². The van der Waals surface area contributed by atoms with Gasteiger partial charge in [0.25, 0.3) is 5.91 Å². The molecule has 1 aliphatic carbocycles. The van der Waals surface area contributed by atoms with Gasteiger partial charge in [-0.1, -0.05) is 6.07 Å². The van der Waals surface area contributed by atoms with Gasteiger partial charge in [0.15, 0.2) is 0 Å². The molecule has 2 heterocycles. The Hall–Kier alpha value is -2.17. The van der Waals surface area contributed by atoms with Crippen LogP contribution in [0.3, 0.4) is 0 Å². The van der Waals surface area contributed by atoms with Crippen LogP contribution in [0.4, 0.5) is 0 Å². The lowest BCUT2D eigenvalue weighted by molar-refractivity contribution is 0.0922. The molecule has 5 nitrogen and oxygen atoms in total. The van der Waals surface area contributed by atoms with E-state index in [1.807, 2.05) is 26.1 Å². The number of carbonyl (C=O) groups excluding carboxylic acids is 1. The summed E-state index contributed by atoms with van der Waals surface area (Å²) in [4.78, 5) is 20.8. The summed E-state index contributed by atoms with van der Waals surface area (Å²) in [5.41, 5.74) is 2.67. The number of hydrogen-bond acceptors (Lipinski definition) is 3. The fourth-order valence-electron chi connectivity index (χ4n) is 2.45. The SMILES string of the molecule is Cc1cccnc1[C@H](NC(=O)c1cncn1C)C1CC1. The van der Waals surface area contributed by atoms with Crippen molar-refractivity contribution in [2.24, 2.45) is 13.0 Å². The zero-order chi connectivity index (χ0) is 14.1. The van der Waals surface area contributed by atoms with Crippen LogP contribution in [0, 0.1) is 12.8 Å². The number of rotatable bonds is 4. The van der Waals surface area contributed by atoms with Gasteiger partial charge in [-0.2, -0.15) is 0 Å². The van der Waals surface area contributed by atoms with Crippen molar-refractivity contribution < 1.29 is 4.79 Å². The van der Waals surface area contributed by atoms with E-state index in [0.29, 0.717) is 11.6 Å². The van der Waals surface area contributed by atoms with Crippen molar-refractivity contribution in [1.82, 2.24) is 19.9 Å². The fourth-order valence-corrected chi connectivity index (χ4v) is 2.45. The molecule has 0 unspecified atom stereocenters. The van der Waals surface area contributed by atoms with E-state index in [9.17, 15) is 4.79 Å². The summed E-state index contributed by atoms with van der Waals surface area (Å²) >= 11 is 0. The first kappa shape index (κ1) is 12.8. The summed E-state index contributed by atoms with van der Waals surface area (Å²) in [6, 6.07) is 3.96. The van der Waals surface area contributed by atoms with Crippen LogP contribution < -0.4 is 5.32 Å². The third-order valence-electron chi connectivity index (χ3n) is 3.77. The number of amides is 1. The predicted octanol–water partition coefficient (Wildman–Crippen LogP) is 2.00. The predicted molar refractivity (Wildman–Crippen MR) is 75.1 cm³/mol. The van der Waals surface area contributed by atoms with Crippen molar-refractivity contribution >= 4 is 5.91 Å². The molecule has 0 aromatic carbocycles. The summed E-state index contributed by atoms with van der Waals surface area (Å²) in [6.07, 6.45) is 7.30. The Morgan fingerprint density at radius 3 is 2.90 bits per heavy atom. The van der Waals surface area contributed by atoms with E-state index in [4.69, 9.17) is 0 Å². The first-order chi connectivity index (χ1) is 9.66. The lowest BCUT2D eigenvalue weighted by atomic mass is 10.0. The first-order valence-corrected chi connectivity index (χ1v) is 6.85. The van der Waals surface area contributed by atoms with Crippen LogP contribution in [0.5, 0.6) is 0 Å². The molecule has 1 amide bonds. The van der Waals surface area contributed by atoms with Crippen LogP contribution in [0.2, 0.25) is 0 Å². The topological polar surface area (TPSA) is 59.8 Å². The Balaban J connectivity index is 1.84. The highest BCUT2D eigenvalue weighted by molar-refractivity contribution is 5.92. The van der Waals surface area contributed by atoms with Gasteiger partial charge in [-0.3, -0.25) is 9.78 Å². The minimum absolute atomic E-state index is 0.00130. The van der Waals surface area contributed by atoms with Gasteiger partial charge in [0, 0.05) is 13.2 Å². The average molecular weight is 270 g/mol. The lowest BCUT2D eigenvalue weighted by Gasteiger charge is -2.19. The molecule has 1 aliphatic rings. The number of nitrogens with one attached hydrogen (secondary N) is 1. The molecule has 2 aromatic heterocycles. The highest BCUT2D eigenvalue weighted by Crippen LogP contribution is 2.41. The van der Waals surface area contributed by atoms with Gasteiger partial charge < -0.3 is 9.88 Å². The molecule has 0 bridgehead atoms. The fraction of sp³-hybridized carbons (Fsp3) is 0.400. The van der Waals surface area contributed by atoms with Crippen LogP contribution in [-0.2, 0) is 7.05 Å². The monoisotopic (exact) mass is 270 g/mol. The highest BCUT2D eigenvalue weighted by Gasteiger charge is 2.35. The Bertz CT molecular complexity index is 630. The third kappa shape index (κ3) is 2.43. The van der Waals surface area contributed by atoms with Crippen LogP contribution in [0.15, 0.2) is 30.9 Å². The molecule has 0 saturated heterocycles. The molecule has 1 N–H and O–H groups in total. The molecule has 1 saturated carbocycles. The van der Waals surface area contributed by atoms with Gasteiger partial charge in [0.2, 0.25) is 0 Å². The smallest absolute Gasteiger partial charge is 0.270 e. The molecule has 3 rings (SSSR count). The van der Waals surface area contributed by atoms with Gasteiger partial charge in [-0.05, 0) is 37.3 Å². The quantitative estimate of drug-likeness (QED) is 0.924. The Morgan fingerprint density at radius 1 is 1.50 bits per heavy atom. The maximum absolute atomic E-state index is 12.4. The highest BCUT2D eigenvalue weighted by atomic mass is 16.2. The molecule has 1 fully saturated rings. The Labute approximate surface area is 118 Å². The number of carbonyl (C=O) groups is 1. The van der Waals surface area contributed by atoms with Crippen molar-refractivity contribution in [2.45, 2.75) is 25.8 Å². The van der Waals surface area contributed by atoms with Gasteiger partial charge in [0.05, 0.1) is 24.3 Å². The standard InChI is InChI=1S/C15H18N4O/c1-10-4-3-7-17-13(10)14(11-5-6-11)18-15(20)12-8-16-9-19(12)2/h3-4,7-9,11,14H,5-6H2,1-2H3,(H,18,20)/t14-/m1/s1. The molecule has 20 heavy (non-hydrogen) atoms. The van der Waals surface area contributed by atoms with Gasteiger partial charge >= 0.3 is 0 Å². The second kappa shape index (κ2) is 5.07. The minimum atomic E-state index is -0.0908.